The van der Waals surface area contributed by atoms with Crippen LogP contribution < -0.4 is 0 Å². The maximum Gasteiger partial charge on any atom is -0.0417 e. The van der Waals surface area contributed by atoms with Crippen molar-refractivity contribution >= 4 is 0 Å². The van der Waals surface area contributed by atoms with Gasteiger partial charge >= 0.3 is 0 Å². The first-order chi connectivity index (χ1) is 6.97. The van der Waals surface area contributed by atoms with Gasteiger partial charge in [-0.05, 0) is 23.7 Å². The van der Waals surface area contributed by atoms with Crippen LogP contribution in [-0.2, 0) is 0 Å². The molecule has 0 spiro atoms. The standard InChI is InChI=1S/C15H32/c1-7-13(4)9-11-15(6)14(5)10-8-12(2)3/h12-15H,7-11H2,1-6H3/t13-,14?,15?/m1/s1. The molecule has 0 amide bonds. The molecule has 92 valence electrons. The van der Waals surface area contributed by atoms with Crippen LogP contribution in [0, 0.1) is 23.7 Å². The highest BCUT2D eigenvalue weighted by Crippen LogP contribution is 2.25. The van der Waals surface area contributed by atoms with E-state index < -0.39 is 0 Å². The van der Waals surface area contributed by atoms with E-state index >= 15 is 0 Å². The van der Waals surface area contributed by atoms with E-state index in [1.165, 1.54) is 32.1 Å². The van der Waals surface area contributed by atoms with Crippen LogP contribution in [0.5, 0.6) is 0 Å². The summed E-state index contributed by atoms with van der Waals surface area (Å²) in [6.07, 6.45) is 7.00. The van der Waals surface area contributed by atoms with Gasteiger partial charge in [-0.1, -0.05) is 73.6 Å². The molecule has 0 radical (unpaired) electrons. The SMILES string of the molecule is CC[C@@H](C)CCC(C)C(C)CCC(C)C. The molecule has 0 aliphatic carbocycles. The van der Waals surface area contributed by atoms with Crippen molar-refractivity contribution in [2.24, 2.45) is 23.7 Å². The monoisotopic (exact) mass is 212 g/mol. The minimum absolute atomic E-state index is 0.870. The fourth-order valence-corrected chi connectivity index (χ4v) is 1.92. The van der Waals surface area contributed by atoms with Gasteiger partial charge in [0.25, 0.3) is 0 Å². The molecule has 0 rings (SSSR count). The Bertz CT molecular complexity index is 137. The highest BCUT2D eigenvalue weighted by molar-refractivity contribution is 4.65. The molecule has 0 heteroatoms. The summed E-state index contributed by atoms with van der Waals surface area (Å²) in [7, 11) is 0. The average molecular weight is 212 g/mol. The summed E-state index contributed by atoms with van der Waals surface area (Å²) in [5.41, 5.74) is 0. The lowest BCUT2D eigenvalue weighted by Crippen LogP contribution is -2.10. The van der Waals surface area contributed by atoms with E-state index in [9.17, 15) is 0 Å². The van der Waals surface area contributed by atoms with E-state index in [0.29, 0.717) is 0 Å². The number of hydrogen-bond donors (Lipinski definition) is 0. The Kier molecular flexibility index (Phi) is 8.19. The first-order valence-corrected chi connectivity index (χ1v) is 6.97. The Morgan fingerprint density at radius 3 is 1.53 bits per heavy atom. The zero-order valence-corrected chi connectivity index (χ0v) is 11.8. The molecule has 0 saturated heterocycles. The topological polar surface area (TPSA) is 0 Å². The van der Waals surface area contributed by atoms with Crippen molar-refractivity contribution in [3.05, 3.63) is 0 Å². The molecular formula is C15H32. The zero-order valence-electron chi connectivity index (χ0n) is 11.8. The maximum absolute atomic E-state index is 2.44. The van der Waals surface area contributed by atoms with Gasteiger partial charge < -0.3 is 0 Å². The molecule has 0 aromatic heterocycles. The van der Waals surface area contributed by atoms with E-state index in [4.69, 9.17) is 0 Å². The molecule has 15 heavy (non-hydrogen) atoms. The lowest BCUT2D eigenvalue weighted by molar-refractivity contribution is 0.298. The van der Waals surface area contributed by atoms with Crippen LogP contribution in [0.15, 0.2) is 0 Å². The van der Waals surface area contributed by atoms with Crippen LogP contribution in [0.2, 0.25) is 0 Å². The fourth-order valence-electron chi connectivity index (χ4n) is 1.92. The highest BCUT2D eigenvalue weighted by Gasteiger charge is 2.13. The van der Waals surface area contributed by atoms with E-state index in [0.717, 1.165) is 23.7 Å². The van der Waals surface area contributed by atoms with Crippen LogP contribution >= 0.6 is 0 Å². The second-order valence-corrected chi connectivity index (χ2v) is 6.02. The molecule has 0 nitrogen and oxygen atoms in total. The van der Waals surface area contributed by atoms with Crippen LogP contribution in [-0.4, -0.2) is 0 Å². The lowest BCUT2D eigenvalue weighted by Gasteiger charge is -2.22. The van der Waals surface area contributed by atoms with E-state index in [-0.39, 0.29) is 0 Å². The smallest absolute Gasteiger partial charge is 0.0417 e. The molecule has 0 aliphatic heterocycles. The summed E-state index contributed by atoms with van der Waals surface area (Å²) >= 11 is 0. The van der Waals surface area contributed by atoms with Gasteiger partial charge in [-0.15, -0.1) is 0 Å². The van der Waals surface area contributed by atoms with Crippen molar-refractivity contribution in [2.45, 2.75) is 73.6 Å². The van der Waals surface area contributed by atoms with Crippen LogP contribution in [0.3, 0.4) is 0 Å². The van der Waals surface area contributed by atoms with E-state index in [2.05, 4.69) is 41.5 Å². The Labute approximate surface area is 97.8 Å². The molecule has 3 atom stereocenters. The van der Waals surface area contributed by atoms with E-state index in [1.54, 1.807) is 0 Å². The van der Waals surface area contributed by atoms with Crippen molar-refractivity contribution in [1.82, 2.24) is 0 Å². The highest BCUT2D eigenvalue weighted by atomic mass is 14.2. The van der Waals surface area contributed by atoms with Crippen molar-refractivity contribution in [2.75, 3.05) is 0 Å². The molecular weight excluding hydrogens is 180 g/mol. The van der Waals surface area contributed by atoms with Gasteiger partial charge in [0, 0.05) is 0 Å². The summed E-state index contributed by atoms with van der Waals surface area (Å²) in [5.74, 6) is 3.62. The van der Waals surface area contributed by atoms with Crippen LogP contribution in [0.25, 0.3) is 0 Å². The molecule has 0 aromatic rings. The van der Waals surface area contributed by atoms with Crippen molar-refractivity contribution < 1.29 is 0 Å². The van der Waals surface area contributed by atoms with Gasteiger partial charge in [-0.2, -0.15) is 0 Å². The third-order valence-electron chi connectivity index (χ3n) is 3.98. The summed E-state index contributed by atoms with van der Waals surface area (Å²) in [6.45, 7) is 14.2. The third-order valence-corrected chi connectivity index (χ3v) is 3.98. The largest absolute Gasteiger partial charge is 0.0651 e. The third kappa shape index (κ3) is 7.88. The normalized spacial score (nSPS) is 17.8. The number of hydrogen-bond acceptors (Lipinski definition) is 0. The van der Waals surface area contributed by atoms with Gasteiger partial charge in [0.2, 0.25) is 0 Å². The minimum Gasteiger partial charge on any atom is -0.0651 e. The van der Waals surface area contributed by atoms with Gasteiger partial charge in [0.05, 0.1) is 0 Å². The van der Waals surface area contributed by atoms with Gasteiger partial charge in [-0.3, -0.25) is 0 Å². The molecule has 0 aromatic carbocycles. The molecule has 0 fully saturated rings. The Morgan fingerprint density at radius 2 is 1.13 bits per heavy atom. The molecule has 0 saturated carbocycles. The molecule has 0 bridgehead atoms. The fraction of sp³-hybridized carbons (Fsp3) is 1.00. The second-order valence-electron chi connectivity index (χ2n) is 6.02. The van der Waals surface area contributed by atoms with Crippen molar-refractivity contribution in [3.8, 4) is 0 Å². The lowest BCUT2D eigenvalue weighted by atomic mass is 9.84. The zero-order chi connectivity index (χ0) is 11.8. The van der Waals surface area contributed by atoms with Crippen LogP contribution in [0.4, 0.5) is 0 Å². The Morgan fingerprint density at radius 1 is 0.667 bits per heavy atom. The first-order valence-electron chi connectivity index (χ1n) is 6.97. The Hall–Kier alpha value is 0. The molecule has 0 N–H and O–H groups in total. The summed E-state index contributed by atoms with van der Waals surface area (Å²) in [5, 5.41) is 0. The minimum atomic E-state index is 0.870. The first kappa shape index (κ1) is 15.0. The Balaban J connectivity index is 3.64. The average Bonchev–Trinajstić information content (AvgIpc) is 2.21. The summed E-state index contributed by atoms with van der Waals surface area (Å²) < 4.78 is 0. The van der Waals surface area contributed by atoms with Gasteiger partial charge in [0.15, 0.2) is 0 Å². The quantitative estimate of drug-likeness (QED) is 0.497. The maximum atomic E-state index is 2.44. The molecule has 2 unspecified atom stereocenters. The van der Waals surface area contributed by atoms with E-state index in [1.807, 2.05) is 0 Å². The molecule has 0 aliphatic rings. The van der Waals surface area contributed by atoms with Crippen molar-refractivity contribution in [3.63, 3.8) is 0 Å². The van der Waals surface area contributed by atoms with Crippen molar-refractivity contribution in [1.29, 1.82) is 0 Å². The second kappa shape index (κ2) is 8.19. The predicted molar refractivity (Wildman–Crippen MR) is 71.1 cm³/mol. The molecule has 0 heterocycles. The van der Waals surface area contributed by atoms with Gasteiger partial charge in [0.1, 0.15) is 0 Å². The summed E-state index contributed by atoms with van der Waals surface area (Å²) in [6, 6.07) is 0. The van der Waals surface area contributed by atoms with Gasteiger partial charge in [-0.25, -0.2) is 0 Å². The van der Waals surface area contributed by atoms with Crippen LogP contribution in [0.1, 0.15) is 73.6 Å². The summed E-state index contributed by atoms with van der Waals surface area (Å²) in [4.78, 5) is 0. The predicted octanol–water partition coefficient (Wildman–Crippen LogP) is 5.52. The number of rotatable bonds is 8.